The first-order chi connectivity index (χ1) is 8.43. The van der Waals surface area contributed by atoms with Crippen molar-refractivity contribution in [1.82, 2.24) is 5.32 Å². The highest BCUT2D eigenvalue weighted by Crippen LogP contribution is 2.24. The van der Waals surface area contributed by atoms with Crippen molar-refractivity contribution in [2.75, 3.05) is 6.54 Å². The topological polar surface area (TPSA) is 21.3 Å². The van der Waals surface area contributed by atoms with Crippen LogP contribution < -0.4 is 10.1 Å². The fourth-order valence-corrected chi connectivity index (χ4v) is 2.06. The highest BCUT2D eigenvalue weighted by molar-refractivity contribution is 5.39. The van der Waals surface area contributed by atoms with Crippen LogP contribution in [0.5, 0.6) is 5.75 Å². The van der Waals surface area contributed by atoms with E-state index in [0.717, 1.165) is 24.9 Å². The predicted molar refractivity (Wildman–Crippen MR) is 67.6 cm³/mol. The summed E-state index contributed by atoms with van der Waals surface area (Å²) >= 11 is 0. The smallest absolute Gasteiger partial charge is 0.245 e. The van der Waals surface area contributed by atoms with Gasteiger partial charge in [0.25, 0.3) is 0 Å². The number of hydrogen-bond acceptors (Lipinski definition) is 2. The third-order valence-corrected chi connectivity index (χ3v) is 2.91. The number of para-hydroxylation sites is 1. The van der Waals surface area contributed by atoms with Gasteiger partial charge >= 0.3 is 0 Å². The Morgan fingerprint density at radius 3 is 2.53 bits per heavy atom. The quantitative estimate of drug-likeness (QED) is 0.847. The zero-order valence-electron chi connectivity index (χ0n) is 9.52. The lowest BCUT2D eigenvalue weighted by molar-refractivity contribution is 0.299. The normalized spacial score (nSPS) is 15.3. The maximum absolute atomic E-state index is 5.89. The average Bonchev–Trinajstić information content (AvgIpc) is 2.40. The van der Waals surface area contributed by atoms with Crippen molar-refractivity contribution in [2.24, 2.45) is 0 Å². The minimum atomic E-state index is 0.859. The minimum absolute atomic E-state index is 0.859. The van der Waals surface area contributed by atoms with Gasteiger partial charge in [-0.25, -0.2) is 0 Å². The molecule has 1 aliphatic heterocycles. The Bertz CT molecular complexity index is 495. The van der Waals surface area contributed by atoms with Crippen LogP contribution in [0.4, 0.5) is 0 Å². The molecule has 0 saturated carbocycles. The molecule has 0 atom stereocenters. The molecule has 0 aliphatic carbocycles. The number of rotatable bonds is 2. The molecule has 0 fully saturated rings. The summed E-state index contributed by atoms with van der Waals surface area (Å²) in [6, 6.07) is 18.2. The molecule has 0 aromatic heterocycles. The third kappa shape index (κ3) is 2.17. The largest absolute Gasteiger partial charge is 0.462 e. The fourth-order valence-electron chi connectivity index (χ4n) is 2.06. The van der Waals surface area contributed by atoms with Gasteiger partial charge in [0.15, 0.2) is 0 Å². The number of nitrogens with one attached hydrogen (secondary N) is 1. The first-order valence-corrected chi connectivity index (χ1v) is 5.85. The molecular weight excluding hydrogens is 210 g/mol. The van der Waals surface area contributed by atoms with E-state index in [4.69, 9.17) is 4.74 Å². The van der Waals surface area contributed by atoms with Crippen LogP contribution in [0.1, 0.15) is 11.1 Å². The van der Waals surface area contributed by atoms with Gasteiger partial charge in [0.1, 0.15) is 5.75 Å². The second-order valence-electron chi connectivity index (χ2n) is 4.08. The summed E-state index contributed by atoms with van der Waals surface area (Å²) in [7, 11) is 0. The average molecular weight is 224 g/mol. The molecule has 1 heterocycles. The summed E-state index contributed by atoms with van der Waals surface area (Å²) in [6.07, 6.45) is 1.91. The molecule has 0 spiro atoms. The lowest BCUT2D eigenvalue weighted by atomic mass is 10.00. The first kappa shape index (κ1) is 10.4. The van der Waals surface area contributed by atoms with Gasteiger partial charge in [-0.3, -0.25) is 5.32 Å². The van der Waals surface area contributed by atoms with E-state index in [9.17, 15) is 0 Å². The van der Waals surface area contributed by atoms with Gasteiger partial charge in [-0.05, 0) is 24.1 Å². The third-order valence-electron chi connectivity index (χ3n) is 2.91. The maximum Gasteiger partial charge on any atom is 0.245 e. The molecule has 2 aromatic carbocycles. The summed E-state index contributed by atoms with van der Waals surface area (Å²) in [6.45, 7) is 0.930. The Balaban J connectivity index is 1.86. The Hall–Kier alpha value is -1.80. The zero-order valence-corrected chi connectivity index (χ0v) is 9.52. The van der Waals surface area contributed by atoms with E-state index in [2.05, 4.69) is 23.5 Å². The molecule has 0 amide bonds. The molecule has 2 nitrogen and oxygen atoms in total. The molecule has 85 valence electrons. The van der Waals surface area contributed by atoms with Crippen LogP contribution in [-0.4, -0.2) is 6.54 Å². The molecule has 1 radical (unpaired) electrons. The summed E-state index contributed by atoms with van der Waals surface area (Å²) in [5.41, 5.74) is 2.51. The number of benzene rings is 2. The highest BCUT2D eigenvalue weighted by atomic mass is 16.5. The van der Waals surface area contributed by atoms with E-state index >= 15 is 0 Å². The predicted octanol–water partition coefficient (Wildman–Crippen LogP) is 2.75. The first-order valence-electron chi connectivity index (χ1n) is 5.85. The van der Waals surface area contributed by atoms with E-state index < -0.39 is 0 Å². The van der Waals surface area contributed by atoms with E-state index in [-0.39, 0.29) is 0 Å². The SMILES string of the molecule is c1ccc(O[C]2NCCc3ccccc32)cc1. The highest BCUT2D eigenvalue weighted by Gasteiger charge is 2.22. The van der Waals surface area contributed by atoms with Gasteiger partial charge < -0.3 is 4.74 Å². The molecule has 17 heavy (non-hydrogen) atoms. The van der Waals surface area contributed by atoms with Crippen LogP contribution in [0, 0.1) is 6.23 Å². The molecule has 0 bridgehead atoms. The molecular formula is C15H14NO. The Morgan fingerprint density at radius 1 is 0.882 bits per heavy atom. The van der Waals surface area contributed by atoms with Gasteiger partial charge in [-0.2, -0.15) is 0 Å². The van der Waals surface area contributed by atoms with Crippen LogP contribution in [0.15, 0.2) is 54.6 Å². The van der Waals surface area contributed by atoms with Gasteiger partial charge in [0.05, 0.1) is 0 Å². The molecule has 3 rings (SSSR count). The number of hydrogen-bond donors (Lipinski definition) is 1. The summed E-state index contributed by atoms with van der Waals surface area (Å²) in [5, 5.41) is 3.32. The summed E-state index contributed by atoms with van der Waals surface area (Å²) in [5.74, 6) is 0.867. The Kier molecular flexibility index (Phi) is 2.80. The Morgan fingerprint density at radius 2 is 1.65 bits per heavy atom. The zero-order chi connectivity index (χ0) is 11.5. The van der Waals surface area contributed by atoms with Crippen LogP contribution in [0.2, 0.25) is 0 Å². The lowest BCUT2D eigenvalue weighted by Gasteiger charge is -2.25. The second kappa shape index (κ2) is 4.60. The van der Waals surface area contributed by atoms with Gasteiger partial charge in [-0.15, -0.1) is 0 Å². The Labute approximate surface area is 101 Å². The van der Waals surface area contributed by atoms with Crippen molar-refractivity contribution in [3.05, 3.63) is 72.0 Å². The van der Waals surface area contributed by atoms with Crippen LogP contribution in [0.25, 0.3) is 0 Å². The van der Waals surface area contributed by atoms with E-state index in [0.29, 0.717) is 0 Å². The molecule has 1 aliphatic rings. The molecule has 2 aromatic rings. The van der Waals surface area contributed by atoms with Gasteiger partial charge in [-0.1, -0.05) is 42.5 Å². The molecule has 1 N–H and O–H groups in total. The maximum atomic E-state index is 5.89. The minimum Gasteiger partial charge on any atom is -0.462 e. The van der Waals surface area contributed by atoms with Crippen molar-refractivity contribution in [3.63, 3.8) is 0 Å². The number of ether oxygens (including phenoxy) is 1. The summed E-state index contributed by atoms with van der Waals surface area (Å²) in [4.78, 5) is 0. The molecule has 0 unspecified atom stereocenters. The van der Waals surface area contributed by atoms with Crippen molar-refractivity contribution in [3.8, 4) is 5.75 Å². The fraction of sp³-hybridized carbons (Fsp3) is 0.133. The van der Waals surface area contributed by atoms with Gasteiger partial charge in [0, 0.05) is 12.1 Å². The molecule has 2 heteroatoms. The van der Waals surface area contributed by atoms with Crippen molar-refractivity contribution in [1.29, 1.82) is 0 Å². The van der Waals surface area contributed by atoms with Crippen LogP contribution in [-0.2, 0) is 6.42 Å². The van der Waals surface area contributed by atoms with Crippen molar-refractivity contribution < 1.29 is 4.74 Å². The van der Waals surface area contributed by atoms with E-state index in [1.165, 1.54) is 11.1 Å². The second-order valence-corrected chi connectivity index (χ2v) is 4.08. The lowest BCUT2D eigenvalue weighted by Crippen LogP contribution is -2.34. The monoisotopic (exact) mass is 224 g/mol. The molecule has 0 saturated heterocycles. The van der Waals surface area contributed by atoms with E-state index in [1.807, 2.05) is 36.4 Å². The van der Waals surface area contributed by atoms with Crippen molar-refractivity contribution >= 4 is 0 Å². The van der Waals surface area contributed by atoms with Crippen LogP contribution >= 0.6 is 0 Å². The van der Waals surface area contributed by atoms with Gasteiger partial charge in [0.2, 0.25) is 6.23 Å². The van der Waals surface area contributed by atoms with Crippen molar-refractivity contribution in [2.45, 2.75) is 6.42 Å². The summed E-state index contributed by atoms with van der Waals surface area (Å²) < 4.78 is 5.89. The van der Waals surface area contributed by atoms with E-state index in [1.54, 1.807) is 0 Å². The van der Waals surface area contributed by atoms with Crippen LogP contribution in [0.3, 0.4) is 0 Å². The number of fused-ring (bicyclic) bond motifs is 1. The standard InChI is InChI=1S/C15H14NO/c1-2-7-13(8-3-1)17-15-14-9-5-4-6-12(14)10-11-16-15/h1-9,16H,10-11H2.